The zero-order valence-corrected chi connectivity index (χ0v) is 16.7. The fourth-order valence-corrected chi connectivity index (χ4v) is 6.79. The van der Waals surface area contributed by atoms with Gasteiger partial charge in [-0.1, -0.05) is 0 Å². The van der Waals surface area contributed by atoms with Crippen LogP contribution < -0.4 is 9.78 Å². The van der Waals surface area contributed by atoms with Gasteiger partial charge in [0.15, 0.2) is 0 Å². The maximum absolute atomic E-state index is 13.4. The molecule has 0 saturated heterocycles. The average Bonchev–Trinajstić information content (AvgIpc) is 2.99. The van der Waals surface area contributed by atoms with E-state index in [4.69, 9.17) is 0 Å². The molecule has 28 heavy (non-hydrogen) atoms. The van der Waals surface area contributed by atoms with Crippen LogP contribution in [0.2, 0.25) is 0 Å². The van der Waals surface area contributed by atoms with Crippen molar-refractivity contribution in [2.24, 2.45) is 0 Å². The molecule has 1 heterocycles. The molecule has 0 saturated carbocycles. The minimum atomic E-state index is -0.987. The van der Waals surface area contributed by atoms with Crippen LogP contribution in [0.3, 0.4) is 0 Å². The van der Waals surface area contributed by atoms with Crippen molar-refractivity contribution in [3.63, 3.8) is 0 Å². The molecule has 1 aliphatic rings. The van der Waals surface area contributed by atoms with Gasteiger partial charge in [0.25, 0.3) is 0 Å². The molecule has 5 nitrogen and oxygen atoms in total. The molecule has 1 aliphatic heterocycles. The number of nitrogens with zero attached hydrogens (tertiary/aromatic N) is 1. The van der Waals surface area contributed by atoms with Crippen LogP contribution >= 0.6 is 0 Å². The van der Waals surface area contributed by atoms with Crippen LogP contribution in [0, 0.1) is 10.1 Å². The Balaban J connectivity index is 1.94. The predicted molar refractivity (Wildman–Crippen MR) is 110 cm³/mol. The number of benzene rings is 3. The summed E-state index contributed by atoms with van der Waals surface area (Å²) in [6.45, 7) is -0.305. The van der Waals surface area contributed by atoms with E-state index in [-0.39, 0.29) is 32.3 Å². The Kier molecular flexibility index (Phi) is 4.99. The van der Waals surface area contributed by atoms with Crippen LogP contribution in [0.4, 0.5) is 5.69 Å². The number of carbonyl (C=O) groups excluding carboxylic acids is 1. The Labute approximate surface area is 169 Å². The average molecular weight is 437 g/mol. The van der Waals surface area contributed by atoms with E-state index < -0.39 is 10.2 Å². The monoisotopic (exact) mass is 438 g/mol. The third kappa shape index (κ3) is 3.21. The quantitative estimate of drug-likeness (QED) is 0.366. The van der Waals surface area contributed by atoms with Gasteiger partial charge in [-0.25, -0.2) is 0 Å². The molecule has 2 atom stereocenters. The normalized spacial score (nSPS) is 18.9. The van der Waals surface area contributed by atoms with Crippen molar-refractivity contribution in [3.05, 3.63) is 106 Å². The van der Waals surface area contributed by atoms with E-state index in [0.717, 1.165) is 21.3 Å². The van der Waals surface area contributed by atoms with Crippen LogP contribution in [-0.4, -0.2) is 32.3 Å². The number of fused-ring (bicyclic) bond motifs is 1. The van der Waals surface area contributed by atoms with Crippen LogP contribution in [0.1, 0.15) is 17.0 Å². The fraction of sp³-hybridized carbons (Fsp3) is 0.136. The molecular formula is C22H18N2O3Se. The van der Waals surface area contributed by atoms with Crippen molar-refractivity contribution in [1.29, 1.82) is 0 Å². The Bertz CT molecular complexity index is 1010. The summed E-state index contributed by atoms with van der Waals surface area (Å²) in [4.78, 5) is 24.8. The minimum absolute atomic E-state index is 0.159. The maximum atomic E-state index is 13.4. The molecule has 0 fully saturated rings. The van der Waals surface area contributed by atoms with E-state index in [1.165, 1.54) is 0 Å². The summed E-state index contributed by atoms with van der Waals surface area (Å²) in [6, 6.07) is 26.7. The molecule has 140 valence electrons. The van der Waals surface area contributed by atoms with Gasteiger partial charge in [-0.05, 0) is 0 Å². The topological polar surface area (TPSA) is 72.2 Å². The number of rotatable bonds is 6. The van der Waals surface area contributed by atoms with Crippen molar-refractivity contribution in [2.45, 2.75) is 10.2 Å². The zero-order chi connectivity index (χ0) is 19.6. The van der Waals surface area contributed by atoms with Crippen molar-refractivity contribution in [1.82, 2.24) is 0 Å². The number of nitro groups is 1. The van der Waals surface area contributed by atoms with E-state index in [0.29, 0.717) is 0 Å². The van der Waals surface area contributed by atoms with Crippen molar-refractivity contribution in [3.8, 4) is 0 Å². The van der Waals surface area contributed by atoms with Gasteiger partial charge in [0.2, 0.25) is 0 Å². The molecule has 3 aromatic carbocycles. The number of carbonyl (C=O) groups is 1. The number of amides is 1. The first-order chi connectivity index (χ1) is 13.6. The molecule has 0 aromatic heterocycles. The first kappa shape index (κ1) is 18.4. The summed E-state index contributed by atoms with van der Waals surface area (Å²) in [5.74, 6) is -0.721. The van der Waals surface area contributed by atoms with Gasteiger partial charge in [-0.2, -0.15) is 0 Å². The Hall–Kier alpha value is -2.95. The van der Waals surface area contributed by atoms with Gasteiger partial charge in [-0.15, -0.1) is 0 Å². The summed E-state index contributed by atoms with van der Waals surface area (Å²) in [5.41, 5.74) is 2.40. The molecule has 4 rings (SSSR count). The predicted octanol–water partition coefficient (Wildman–Crippen LogP) is 2.92. The Morgan fingerprint density at radius 1 is 0.929 bits per heavy atom. The van der Waals surface area contributed by atoms with Crippen LogP contribution in [0.5, 0.6) is 0 Å². The fourth-order valence-electron chi connectivity index (χ4n) is 3.75. The van der Waals surface area contributed by atoms with E-state index in [1.54, 1.807) is 0 Å². The summed E-state index contributed by atoms with van der Waals surface area (Å²) < 4.78 is 0.0467. The number of hydrogen-bond acceptors (Lipinski definition) is 3. The van der Waals surface area contributed by atoms with Crippen LogP contribution in [0.15, 0.2) is 84.9 Å². The van der Waals surface area contributed by atoms with E-state index in [1.807, 2.05) is 84.9 Å². The molecule has 6 heteroatoms. The second kappa shape index (κ2) is 7.58. The van der Waals surface area contributed by atoms with E-state index in [9.17, 15) is 14.9 Å². The molecule has 1 amide bonds. The molecule has 0 radical (unpaired) electrons. The zero-order valence-electron chi connectivity index (χ0n) is 14.9. The molecule has 0 bridgehead atoms. The molecule has 3 aromatic rings. The first-order valence-corrected chi connectivity index (χ1v) is 10.6. The molecular weight excluding hydrogens is 419 g/mol. The van der Waals surface area contributed by atoms with Crippen molar-refractivity contribution >= 4 is 31.0 Å². The van der Waals surface area contributed by atoms with E-state index >= 15 is 0 Å². The van der Waals surface area contributed by atoms with Gasteiger partial charge in [-0.3, -0.25) is 0 Å². The second-order valence-corrected chi connectivity index (χ2v) is 9.40. The number of para-hydroxylation sites is 1. The second-order valence-electron chi connectivity index (χ2n) is 6.63. The summed E-state index contributed by atoms with van der Waals surface area (Å²) in [7, 11) is 0. The van der Waals surface area contributed by atoms with Crippen molar-refractivity contribution < 1.29 is 9.72 Å². The Morgan fingerprint density at radius 2 is 1.54 bits per heavy atom. The Morgan fingerprint density at radius 3 is 2.21 bits per heavy atom. The standard InChI is InChI=1S/C22H18N2O3Se/c25-21-22(28-17-11-5-2-6-12-17,18-13-7-8-14-20(18)23-21)19(15-24(26)27)16-9-3-1-4-10-16/h1-14,19H,15H2,(H,23,25). The van der Waals surface area contributed by atoms with E-state index in [2.05, 4.69) is 5.32 Å². The molecule has 0 aliphatic carbocycles. The summed E-state index contributed by atoms with van der Waals surface area (Å²) >= 11 is -0.346. The summed E-state index contributed by atoms with van der Waals surface area (Å²) in [5, 5.41) is 14.6. The molecule has 1 N–H and O–H groups in total. The van der Waals surface area contributed by atoms with Gasteiger partial charge in [0, 0.05) is 0 Å². The van der Waals surface area contributed by atoms with Gasteiger partial charge in [0.1, 0.15) is 0 Å². The van der Waals surface area contributed by atoms with Gasteiger partial charge < -0.3 is 0 Å². The number of anilines is 1. The van der Waals surface area contributed by atoms with Crippen LogP contribution in [-0.2, 0) is 9.11 Å². The number of hydrogen-bond donors (Lipinski definition) is 1. The van der Waals surface area contributed by atoms with Crippen molar-refractivity contribution in [2.75, 3.05) is 11.9 Å². The van der Waals surface area contributed by atoms with Gasteiger partial charge in [0.05, 0.1) is 0 Å². The third-order valence-corrected chi connectivity index (χ3v) is 8.15. The SMILES string of the molecule is O=C1Nc2ccccc2C1([Se]c1ccccc1)C(C[N+](=O)[O-])c1ccccc1. The number of nitrogens with one attached hydrogen (secondary N) is 1. The first-order valence-electron chi connectivity index (χ1n) is 8.93. The molecule has 0 spiro atoms. The summed E-state index contributed by atoms with van der Waals surface area (Å²) in [6.07, 6.45) is 0. The molecule has 2 unspecified atom stereocenters. The van der Waals surface area contributed by atoms with Gasteiger partial charge >= 0.3 is 169 Å². The third-order valence-electron chi connectivity index (χ3n) is 4.96. The van der Waals surface area contributed by atoms with Crippen LogP contribution in [0.25, 0.3) is 0 Å².